The molecule has 1 heterocycles. The Bertz CT molecular complexity index is 1410. The molecule has 0 aliphatic carbocycles. The summed E-state index contributed by atoms with van der Waals surface area (Å²) in [7, 11) is 0. The fourth-order valence-electron chi connectivity index (χ4n) is 3.99. The maximum Gasteiger partial charge on any atom is 0.336 e. The van der Waals surface area contributed by atoms with Gasteiger partial charge in [-0.1, -0.05) is 67.4 Å². The van der Waals surface area contributed by atoms with E-state index in [1.807, 2.05) is 37.3 Å². The number of hydrogen-bond donors (Lipinski definition) is 1. The van der Waals surface area contributed by atoms with Gasteiger partial charge in [-0.3, -0.25) is 14.2 Å². The van der Waals surface area contributed by atoms with Gasteiger partial charge < -0.3 is 5.32 Å². The number of nitrogens with one attached hydrogen (secondary N) is 1. The van der Waals surface area contributed by atoms with Gasteiger partial charge in [-0.2, -0.15) is 0 Å². The average Bonchev–Trinajstić information content (AvgIpc) is 2.84. The number of benzene rings is 3. The van der Waals surface area contributed by atoms with E-state index in [0.717, 1.165) is 29.5 Å². The molecule has 0 aliphatic rings. The van der Waals surface area contributed by atoms with E-state index in [2.05, 4.69) is 12.2 Å². The summed E-state index contributed by atoms with van der Waals surface area (Å²) in [5.41, 5.74) is 3.28. The van der Waals surface area contributed by atoms with Crippen LogP contribution in [0.3, 0.4) is 0 Å². The molecular formula is C28H29N3O3. The molecule has 0 atom stereocenters. The lowest BCUT2D eigenvalue weighted by Gasteiger charge is -2.15. The molecule has 0 aliphatic heterocycles. The van der Waals surface area contributed by atoms with Crippen molar-refractivity contribution in [2.24, 2.45) is 0 Å². The molecule has 1 aromatic heterocycles. The molecule has 4 rings (SSSR count). The number of fused-ring (bicyclic) bond motifs is 1. The first-order valence-corrected chi connectivity index (χ1v) is 11.6. The minimum absolute atomic E-state index is 0.0375. The van der Waals surface area contributed by atoms with E-state index < -0.39 is 5.69 Å². The van der Waals surface area contributed by atoms with E-state index in [1.165, 1.54) is 4.57 Å². The lowest BCUT2D eigenvalue weighted by molar-refractivity contribution is -0.120. The normalized spacial score (nSPS) is 11.0. The summed E-state index contributed by atoms with van der Waals surface area (Å²) in [4.78, 5) is 39.0. The quantitative estimate of drug-likeness (QED) is 0.409. The molecule has 4 aromatic rings. The van der Waals surface area contributed by atoms with Crippen LogP contribution in [-0.4, -0.2) is 21.6 Å². The van der Waals surface area contributed by atoms with E-state index in [1.54, 1.807) is 47.0 Å². The molecule has 0 spiro atoms. The van der Waals surface area contributed by atoms with Crippen molar-refractivity contribution in [1.82, 2.24) is 14.5 Å². The summed E-state index contributed by atoms with van der Waals surface area (Å²) in [6.45, 7) is 5.12. The molecule has 1 N–H and O–H groups in total. The minimum Gasteiger partial charge on any atom is -0.356 e. The van der Waals surface area contributed by atoms with Crippen LogP contribution in [0.4, 0.5) is 0 Å². The standard InChI is InChI=1S/C28H29N3O3/c1-3-4-17-29-26(32)18-21-13-15-23(16-14-21)31-27(33)24-7-5-6-8-25(24)30(28(31)34)19-22-11-9-20(2)10-12-22/h5-16H,3-4,17-19H2,1-2H3,(H,29,32). The van der Waals surface area contributed by atoms with Crippen LogP contribution in [-0.2, 0) is 17.8 Å². The van der Waals surface area contributed by atoms with E-state index in [-0.39, 0.29) is 17.9 Å². The van der Waals surface area contributed by atoms with Crippen LogP contribution >= 0.6 is 0 Å². The van der Waals surface area contributed by atoms with Crippen LogP contribution < -0.4 is 16.6 Å². The highest BCUT2D eigenvalue weighted by molar-refractivity contribution is 5.79. The van der Waals surface area contributed by atoms with Crippen molar-refractivity contribution in [3.8, 4) is 5.69 Å². The molecule has 0 unspecified atom stereocenters. The molecule has 174 valence electrons. The lowest BCUT2D eigenvalue weighted by atomic mass is 10.1. The van der Waals surface area contributed by atoms with Crippen LogP contribution in [0.1, 0.15) is 36.5 Å². The van der Waals surface area contributed by atoms with Gasteiger partial charge in [-0.05, 0) is 48.7 Å². The van der Waals surface area contributed by atoms with Crippen molar-refractivity contribution >= 4 is 16.8 Å². The van der Waals surface area contributed by atoms with Gasteiger partial charge in [0, 0.05) is 6.54 Å². The van der Waals surface area contributed by atoms with Crippen LogP contribution in [0.5, 0.6) is 0 Å². The molecule has 0 saturated heterocycles. The van der Waals surface area contributed by atoms with E-state index in [9.17, 15) is 14.4 Å². The summed E-state index contributed by atoms with van der Waals surface area (Å²) in [6, 6.07) is 22.2. The van der Waals surface area contributed by atoms with Crippen molar-refractivity contribution in [2.75, 3.05) is 6.54 Å². The highest BCUT2D eigenvalue weighted by Gasteiger charge is 2.15. The van der Waals surface area contributed by atoms with Gasteiger partial charge in [-0.25, -0.2) is 9.36 Å². The molecular weight excluding hydrogens is 426 g/mol. The second kappa shape index (κ2) is 10.3. The van der Waals surface area contributed by atoms with Gasteiger partial charge in [0.25, 0.3) is 5.56 Å². The highest BCUT2D eigenvalue weighted by Crippen LogP contribution is 2.14. The summed E-state index contributed by atoms with van der Waals surface area (Å²) >= 11 is 0. The average molecular weight is 456 g/mol. The van der Waals surface area contributed by atoms with Crippen LogP contribution in [0.15, 0.2) is 82.4 Å². The second-order valence-corrected chi connectivity index (χ2v) is 8.56. The highest BCUT2D eigenvalue weighted by atomic mass is 16.2. The predicted molar refractivity (Wildman–Crippen MR) is 136 cm³/mol. The summed E-state index contributed by atoms with van der Waals surface area (Å²) < 4.78 is 2.85. The number of amides is 1. The Labute approximate surface area is 198 Å². The first-order valence-electron chi connectivity index (χ1n) is 11.6. The topological polar surface area (TPSA) is 73.1 Å². The number of carbonyl (C=O) groups is 1. The molecule has 6 heteroatoms. The Morgan fingerprint density at radius 3 is 2.26 bits per heavy atom. The van der Waals surface area contributed by atoms with E-state index in [0.29, 0.717) is 29.7 Å². The van der Waals surface area contributed by atoms with Gasteiger partial charge in [0.1, 0.15) is 0 Å². The Kier molecular flexibility index (Phi) is 7.07. The van der Waals surface area contributed by atoms with Crippen molar-refractivity contribution in [3.63, 3.8) is 0 Å². The van der Waals surface area contributed by atoms with Crippen LogP contribution in [0.25, 0.3) is 16.6 Å². The second-order valence-electron chi connectivity index (χ2n) is 8.56. The van der Waals surface area contributed by atoms with Gasteiger partial charge in [0.2, 0.25) is 5.91 Å². The Morgan fingerprint density at radius 2 is 1.56 bits per heavy atom. The fraction of sp³-hybridized carbons (Fsp3) is 0.250. The zero-order chi connectivity index (χ0) is 24.1. The van der Waals surface area contributed by atoms with Crippen LogP contribution in [0, 0.1) is 6.92 Å². The number of carbonyl (C=O) groups excluding carboxylic acids is 1. The Balaban J connectivity index is 1.71. The van der Waals surface area contributed by atoms with E-state index >= 15 is 0 Å². The number of nitrogens with zero attached hydrogens (tertiary/aromatic N) is 2. The van der Waals surface area contributed by atoms with Crippen molar-refractivity contribution < 1.29 is 4.79 Å². The van der Waals surface area contributed by atoms with Gasteiger partial charge in [0.15, 0.2) is 0 Å². The van der Waals surface area contributed by atoms with Crippen molar-refractivity contribution in [1.29, 1.82) is 0 Å². The van der Waals surface area contributed by atoms with Crippen molar-refractivity contribution in [3.05, 3.63) is 110 Å². The maximum atomic E-state index is 13.5. The third-order valence-electron chi connectivity index (χ3n) is 5.92. The SMILES string of the molecule is CCCCNC(=O)Cc1ccc(-n2c(=O)c3ccccc3n(Cc3ccc(C)cc3)c2=O)cc1. The summed E-state index contributed by atoms with van der Waals surface area (Å²) in [6.07, 6.45) is 2.23. The monoisotopic (exact) mass is 455 g/mol. The first kappa shape index (κ1) is 23.2. The number of para-hydroxylation sites is 1. The number of rotatable bonds is 8. The Hall–Kier alpha value is -3.93. The molecule has 3 aromatic carbocycles. The minimum atomic E-state index is -0.394. The molecule has 0 radical (unpaired) electrons. The summed E-state index contributed by atoms with van der Waals surface area (Å²) in [5.74, 6) is -0.0375. The summed E-state index contributed by atoms with van der Waals surface area (Å²) in [5, 5.41) is 3.38. The zero-order valence-corrected chi connectivity index (χ0v) is 19.6. The smallest absolute Gasteiger partial charge is 0.336 e. The number of hydrogen-bond acceptors (Lipinski definition) is 3. The lowest BCUT2D eigenvalue weighted by Crippen LogP contribution is -2.39. The first-order chi connectivity index (χ1) is 16.5. The van der Waals surface area contributed by atoms with E-state index in [4.69, 9.17) is 0 Å². The number of aryl methyl sites for hydroxylation is 1. The maximum absolute atomic E-state index is 13.5. The fourth-order valence-corrected chi connectivity index (χ4v) is 3.99. The van der Waals surface area contributed by atoms with Gasteiger partial charge >= 0.3 is 5.69 Å². The van der Waals surface area contributed by atoms with Crippen LogP contribution in [0.2, 0.25) is 0 Å². The molecule has 1 amide bonds. The number of unbranched alkanes of at least 4 members (excludes halogenated alkanes) is 1. The molecule has 0 bridgehead atoms. The third kappa shape index (κ3) is 5.01. The van der Waals surface area contributed by atoms with Crippen molar-refractivity contribution in [2.45, 2.75) is 39.7 Å². The largest absolute Gasteiger partial charge is 0.356 e. The van der Waals surface area contributed by atoms with Gasteiger partial charge in [0.05, 0.1) is 29.6 Å². The molecule has 6 nitrogen and oxygen atoms in total. The zero-order valence-electron chi connectivity index (χ0n) is 19.6. The molecule has 0 saturated carbocycles. The number of aromatic nitrogens is 2. The molecule has 0 fully saturated rings. The van der Waals surface area contributed by atoms with Gasteiger partial charge in [-0.15, -0.1) is 0 Å². The molecule has 34 heavy (non-hydrogen) atoms. The Morgan fingerprint density at radius 1 is 0.882 bits per heavy atom. The third-order valence-corrected chi connectivity index (χ3v) is 5.92. The predicted octanol–water partition coefficient (Wildman–Crippen LogP) is 3.97.